The van der Waals surface area contributed by atoms with Crippen molar-refractivity contribution in [3.63, 3.8) is 0 Å². The van der Waals surface area contributed by atoms with Crippen molar-refractivity contribution in [1.82, 2.24) is 72.0 Å². The summed E-state index contributed by atoms with van der Waals surface area (Å²) in [6, 6.07) is 24.5. The summed E-state index contributed by atoms with van der Waals surface area (Å²) in [5.74, 6) is -16.0. The van der Waals surface area contributed by atoms with E-state index in [4.69, 9.17) is 17.3 Å². The molecule has 2 aliphatic heterocycles. The number of carbonyl (C=O) groups excluding carboxylic acids is 14. The average Bonchev–Trinajstić information content (AvgIpc) is 1.02. The van der Waals surface area contributed by atoms with Crippen molar-refractivity contribution in [2.45, 2.75) is 191 Å². The SMILES string of the molecule is CCCCC1C(=O)N(C)CC(=O)NC(CC(=O)O)C(=O)NC(C(C)C)C(=O)N(C)C(Cc2ccccc2)C(=O)NC(Cc2ccc(O)cc2)C(=O)N2CCCC2C(=O)NC(Cc2c[nH]c3ccccc23)C(=O)NC(Cc2ccc(O)cc2)C(=O)NC(CC(C)C)C(=O)NC(C(N)=O)CSCC(=O)NC(Cc2cccc(Cl)c2)C(=O)N(C)C(Cc2ccccc2)C(=O)N1C. The second-order valence-corrected chi connectivity index (χ2v) is 34.8. The minimum absolute atomic E-state index is 0.0352. The molecular formula is C93H116ClN15O18S. The van der Waals surface area contributed by atoms with Crippen molar-refractivity contribution in [2.24, 2.45) is 17.6 Å². The molecule has 2 aliphatic rings. The second-order valence-electron chi connectivity index (χ2n) is 33.4. The lowest BCUT2D eigenvalue weighted by atomic mass is 9.98. The van der Waals surface area contributed by atoms with E-state index in [0.717, 1.165) is 26.5 Å². The molecule has 0 saturated carbocycles. The molecule has 0 bridgehead atoms. The lowest BCUT2D eigenvalue weighted by Crippen LogP contribution is -2.62. The molecule has 2 saturated heterocycles. The van der Waals surface area contributed by atoms with Crippen LogP contribution in [0, 0.1) is 11.8 Å². The average molecular weight is 1800 g/mol. The number of aromatic nitrogens is 1. The van der Waals surface area contributed by atoms with Crippen LogP contribution in [0.3, 0.4) is 0 Å². The van der Waals surface area contributed by atoms with Gasteiger partial charge < -0.3 is 93.1 Å². The Morgan fingerprint density at radius 1 is 0.500 bits per heavy atom. The minimum Gasteiger partial charge on any atom is -0.508 e. The molecule has 35 heteroatoms. The number of primary amides is 1. The minimum atomic E-state index is -1.90. The van der Waals surface area contributed by atoms with Crippen LogP contribution in [0.15, 0.2) is 164 Å². The molecule has 7 aromatic rings. The van der Waals surface area contributed by atoms with Gasteiger partial charge in [0, 0.05) is 101 Å². The van der Waals surface area contributed by atoms with Gasteiger partial charge in [-0.05, 0) is 113 Å². The zero-order valence-electron chi connectivity index (χ0n) is 73.3. The maximum atomic E-state index is 15.7. The van der Waals surface area contributed by atoms with Gasteiger partial charge in [-0.25, -0.2) is 0 Å². The van der Waals surface area contributed by atoms with E-state index in [1.807, 2.05) is 6.92 Å². The molecule has 0 aliphatic carbocycles. The fourth-order valence-corrected chi connectivity index (χ4v) is 16.8. The number of nitrogens with zero attached hydrogens (tertiary/aromatic N) is 5. The van der Waals surface area contributed by atoms with Crippen molar-refractivity contribution < 1.29 is 87.2 Å². The molecule has 14 amide bonds. The summed E-state index contributed by atoms with van der Waals surface area (Å²) < 4.78 is 0. The fraction of sp³-hybridized carbons (Fsp3) is 0.430. The van der Waals surface area contributed by atoms with Crippen LogP contribution in [0.2, 0.25) is 5.02 Å². The molecule has 128 heavy (non-hydrogen) atoms. The molecule has 0 spiro atoms. The van der Waals surface area contributed by atoms with Gasteiger partial charge in [0.05, 0.1) is 18.7 Å². The van der Waals surface area contributed by atoms with Gasteiger partial charge in [-0.2, -0.15) is 0 Å². The number of carboxylic acids is 1. The molecule has 12 atom stereocenters. The first kappa shape index (κ1) is 98.9. The first-order valence-electron chi connectivity index (χ1n) is 42.8. The Hall–Kier alpha value is -12.9. The van der Waals surface area contributed by atoms with Crippen molar-refractivity contribution >= 4 is 123 Å². The van der Waals surface area contributed by atoms with E-state index in [9.17, 15) is 48.9 Å². The summed E-state index contributed by atoms with van der Waals surface area (Å²) in [7, 11) is 5.31. The zero-order valence-corrected chi connectivity index (χ0v) is 74.8. The lowest BCUT2D eigenvalue weighted by molar-refractivity contribution is -0.151. The number of phenolic OH excluding ortho intramolecular Hbond substituents is 2. The normalized spacial score (nSPS) is 23.1. The number of hydrogen-bond acceptors (Lipinski definition) is 18. The van der Waals surface area contributed by atoms with Crippen LogP contribution in [0.25, 0.3) is 10.9 Å². The van der Waals surface area contributed by atoms with Gasteiger partial charge in [0.25, 0.3) is 0 Å². The molecule has 12 unspecified atom stereocenters. The molecule has 14 N–H and O–H groups in total. The maximum Gasteiger partial charge on any atom is 0.305 e. The number of carbonyl (C=O) groups is 15. The lowest BCUT2D eigenvalue weighted by Gasteiger charge is -2.37. The van der Waals surface area contributed by atoms with Crippen LogP contribution < -0.4 is 48.3 Å². The highest BCUT2D eigenvalue weighted by Crippen LogP contribution is 2.27. The number of phenols is 2. The molecule has 9 rings (SSSR count). The number of unbranched alkanes of at least 4 members (excludes halogenated alkanes) is 1. The molecule has 33 nitrogen and oxygen atoms in total. The maximum absolute atomic E-state index is 15.7. The van der Waals surface area contributed by atoms with E-state index in [1.54, 1.807) is 143 Å². The van der Waals surface area contributed by atoms with Crippen molar-refractivity contribution in [2.75, 3.05) is 52.8 Å². The number of aromatic amines is 1. The van der Waals surface area contributed by atoms with Gasteiger partial charge >= 0.3 is 5.97 Å². The molecule has 3 heterocycles. The van der Waals surface area contributed by atoms with Gasteiger partial charge in [0.1, 0.15) is 84.0 Å². The third-order valence-electron chi connectivity index (χ3n) is 22.8. The van der Waals surface area contributed by atoms with Crippen LogP contribution >= 0.6 is 23.4 Å². The molecule has 684 valence electrons. The number of nitrogens with one attached hydrogen (secondary N) is 9. The molecule has 6 aromatic carbocycles. The quantitative estimate of drug-likeness (QED) is 0.0474. The summed E-state index contributed by atoms with van der Waals surface area (Å²) in [4.78, 5) is 232. The Labute approximate surface area is 752 Å². The highest BCUT2D eigenvalue weighted by molar-refractivity contribution is 8.00. The molecule has 0 radical (unpaired) electrons. The van der Waals surface area contributed by atoms with E-state index in [1.165, 1.54) is 86.5 Å². The highest BCUT2D eigenvalue weighted by Gasteiger charge is 2.44. The van der Waals surface area contributed by atoms with Crippen molar-refractivity contribution in [1.29, 1.82) is 0 Å². The number of carboxylic acid groups (broad SMARTS) is 1. The number of nitrogens with two attached hydrogens (primary N) is 1. The third kappa shape index (κ3) is 28.1. The Balaban J connectivity index is 1.11. The standard InChI is InChI=1S/C93H116ClN15O18S/c1-10-11-30-75-91(125)105(6)51-78(112)97-70(49-80(114)115)86(120)104-81(55(4)5)93(127)107(8)76(46-56-22-14-12-15-23-56)88(122)102-72(44-59-34-38-64(111)39-35-59)90(124)109-40-21-31-74(109)87(121)101-69(48-61-50-96-66-29-19-18-28-65(61)66)85(119)100-68(43-58-32-36-63(110)37-33-58)84(118)99-67(41-54(2)3)83(117)103-73(82(95)116)52-128-53-79(113)98-71(45-60-26-20-27-62(94)42-60)89(123)108(9)77(92(126)106(75)7)47-57-24-16-13-17-25-57/h12-20,22-29,32-39,42,50,54-55,67-77,81,96,110-111H,10-11,21,30-31,40-41,43-49,51-53H2,1-9H3,(H2,95,116)(H,97,112)(H,98,113)(H,99,118)(H,100,119)(H,101,121)(H,102,122)(H,103,117)(H,104,120)(H,114,115). The van der Waals surface area contributed by atoms with Gasteiger partial charge in [-0.1, -0.05) is 174 Å². The van der Waals surface area contributed by atoms with Gasteiger partial charge in [-0.15, -0.1) is 11.8 Å². The van der Waals surface area contributed by atoms with Crippen molar-refractivity contribution in [3.05, 3.63) is 202 Å². The molecular weight excluding hydrogens is 1680 g/mol. The number of hydrogen-bond donors (Lipinski definition) is 13. The van der Waals surface area contributed by atoms with E-state index >= 15 is 38.4 Å². The van der Waals surface area contributed by atoms with E-state index in [-0.39, 0.29) is 93.9 Å². The number of H-pyrrole nitrogens is 1. The number of thioether (sulfide) groups is 1. The summed E-state index contributed by atoms with van der Waals surface area (Å²) in [6.07, 6.45) is 0.560. The topological polar surface area (TPSA) is 471 Å². The summed E-state index contributed by atoms with van der Waals surface area (Å²) in [5.41, 5.74) is 9.68. The Bertz CT molecular complexity index is 5080. The van der Waals surface area contributed by atoms with Crippen LogP contribution in [-0.2, 0) is 110 Å². The number of aliphatic carboxylic acids is 1. The Morgan fingerprint density at radius 2 is 1.01 bits per heavy atom. The predicted octanol–water partition coefficient (Wildman–Crippen LogP) is 4.40. The zero-order chi connectivity index (χ0) is 93.2. The van der Waals surface area contributed by atoms with E-state index in [0.29, 0.717) is 62.1 Å². The number of para-hydroxylation sites is 1. The van der Waals surface area contributed by atoms with Gasteiger partial charge in [-0.3, -0.25) is 71.9 Å². The van der Waals surface area contributed by atoms with Crippen molar-refractivity contribution in [3.8, 4) is 11.5 Å². The van der Waals surface area contributed by atoms with E-state index < -0.39 is 186 Å². The van der Waals surface area contributed by atoms with Gasteiger partial charge in [0.2, 0.25) is 82.7 Å². The van der Waals surface area contributed by atoms with Crippen LogP contribution in [0.1, 0.15) is 113 Å². The predicted molar refractivity (Wildman–Crippen MR) is 481 cm³/mol. The first-order valence-corrected chi connectivity index (χ1v) is 44.3. The number of amides is 14. The van der Waals surface area contributed by atoms with Crippen LogP contribution in [-0.4, -0.2) is 259 Å². The number of aromatic hydroxyl groups is 2. The Morgan fingerprint density at radius 3 is 1.60 bits per heavy atom. The number of rotatable bonds is 21. The largest absolute Gasteiger partial charge is 0.508 e. The number of benzene rings is 6. The smallest absolute Gasteiger partial charge is 0.305 e. The number of halogens is 1. The summed E-state index contributed by atoms with van der Waals surface area (Å²) >= 11 is 7.34. The summed E-state index contributed by atoms with van der Waals surface area (Å²) in [5, 5.41) is 53.9. The van der Waals surface area contributed by atoms with Crippen LogP contribution in [0.4, 0.5) is 0 Å². The Kier molecular flexibility index (Phi) is 36.4. The van der Waals surface area contributed by atoms with E-state index in [2.05, 4.69) is 47.5 Å². The summed E-state index contributed by atoms with van der Waals surface area (Å²) in [6.45, 7) is 7.70. The second kappa shape index (κ2) is 47.1. The molecule has 1 aromatic heterocycles. The first-order chi connectivity index (χ1) is 61.0. The number of likely N-dealkylation sites (N-methyl/N-ethyl adjacent to an activating group) is 4. The third-order valence-corrected chi connectivity index (χ3v) is 24.0. The van der Waals surface area contributed by atoms with Crippen LogP contribution in [0.5, 0.6) is 11.5 Å². The monoisotopic (exact) mass is 1800 g/mol. The fourth-order valence-electron chi connectivity index (χ4n) is 15.7. The molecule has 2 fully saturated rings. The number of fused-ring (bicyclic) bond motifs is 2. The highest BCUT2D eigenvalue weighted by atomic mass is 35.5. The van der Waals surface area contributed by atoms with Gasteiger partial charge in [0.15, 0.2) is 0 Å².